The number of fused-ring (bicyclic) bond motifs is 1. The molecule has 0 bridgehead atoms. The van der Waals surface area contributed by atoms with Gasteiger partial charge >= 0.3 is 0 Å². The first-order chi connectivity index (χ1) is 19.1. The fourth-order valence-corrected chi connectivity index (χ4v) is 5.69. The van der Waals surface area contributed by atoms with Crippen molar-refractivity contribution in [2.45, 2.75) is 26.7 Å². The van der Waals surface area contributed by atoms with Crippen molar-refractivity contribution in [1.29, 1.82) is 0 Å². The number of unbranched alkanes of at least 4 members (excludes halogenated alkanes) is 1. The molecule has 0 spiro atoms. The molecule has 0 aromatic heterocycles. The lowest BCUT2D eigenvalue weighted by molar-refractivity contribution is -0.122. The molecule has 2 heterocycles. The average Bonchev–Trinajstić information content (AvgIpc) is 3.27. The Morgan fingerprint density at radius 1 is 1.08 bits per heavy atom. The maximum atomic E-state index is 13.5. The summed E-state index contributed by atoms with van der Waals surface area (Å²) in [5, 5.41) is 2.72. The van der Waals surface area contributed by atoms with Crippen LogP contribution in [0.25, 0.3) is 16.8 Å². The molecule has 2 amide bonds. The maximum absolute atomic E-state index is 13.5. The summed E-state index contributed by atoms with van der Waals surface area (Å²) < 4.78 is 11.5. The van der Waals surface area contributed by atoms with Crippen LogP contribution < -0.4 is 4.74 Å². The van der Waals surface area contributed by atoms with E-state index in [4.69, 9.17) is 14.5 Å². The van der Waals surface area contributed by atoms with Gasteiger partial charge in [-0.3, -0.25) is 14.5 Å². The van der Waals surface area contributed by atoms with Crippen LogP contribution in [0.2, 0.25) is 0 Å². The van der Waals surface area contributed by atoms with Crippen LogP contribution in [0.15, 0.2) is 70.6 Å². The Morgan fingerprint density at radius 3 is 2.69 bits per heavy atom. The number of rotatable bonds is 8. The van der Waals surface area contributed by atoms with Crippen LogP contribution in [-0.4, -0.2) is 66.2 Å². The Balaban J connectivity index is 1.46. The SMILES string of the molecule is CCCCOc1ccc2ccccc2c1/C=C1/SC(=Nc2cccc(C(=O)N3CCOCC3)c2)N(CC)C1=O. The van der Waals surface area contributed by atoms with Gasteiger partial charge in [0.2, 0.25) is 0 Å². The number of amidine groups is 1. The number of amides is 2. The van der Waals surface area contributed by atoms with Crippen molar-refractivity contribution in [3.63, 3.8) is 0 Å². The second kappa shape index (κ2) is 12.5. The standard InChI is InChI=1S/C31H33N3O4S/c1-3-5-17-38-27-14-13-22-9-6-7-12-25(22)26(27)21-28-30(36)34(4-2)31(39-28)32-24-11-8-10-23(20-24)29(35)33-15-18-37-19-16-33/h6-14,20-21H,3-5,15-19H2,1-2H3/b28-21+,32-31?. The Morgan fingerprint density at radius 2 is 1.90 bits per heavy atom. The number of likely N-dealkylation sites (N-methyl/N-ethyl adjacent to an activating group) is 1. The van der Waals surface area contributed by atoms with Crippen LogP contribution in [0.1, 0.15) is 42.6 Å². The molecular weight excluding hydrogens is 510 g/mol. The first-order valence-electron chi connectivity index (χ1n) is 13.5. The van der Waals surface area contributed by atoms with E-state index < -0.39 is 0 Å². The highest BCUT2D eigenvalue weighted by atomic mass is 32.2. The van der Waals surface area contributed by atoms with E-state index >= 15 is 0 Å². The molecule has 0 radical (unpaired) electrons. The van der Waals surface area contributed by atoms with Crippen LogP contribution in [-0.2, 0) is 9.53 Å². The molecule has 0 atom stereocenters. The van der Waals surface area contributed by atoms with Gasteiger partial charge < -0.3 is 14.4 Å². The number of carbonyl (C=O) groups is 2. The molecule has 7 nitrogen and oxygen atoms in total. The van der Waals surface area contributed by atoms with Gasteiger partial charge in [-0.05, 0) is 66.2 Å². The highest BCUT2D eigenvalue weighted by molar-refractivity contribution is 8.18. The number of benzene rings is 3. The number of thioether (sulfide) groups is 1. The Hall–Kier alpha value is -3.62. The zero-order valence-electron chi connectivity index (χ0n) is 22.4. The molecule has 0 aliphatic carbocycles. The van der Waals surface area contributed by atoms with Crippen LogP contribution in [0.4, 0.5) is 5.69 Å². The van der Waals surface area contributed by atoms with Crippen molar-refractivity contribution < 1.29 is 19.1 Å². The zero-order valence-corrected chi connectivity index (χ0v) is 23.2. The average molecular weight is 544 g/mol. The number of morpholine rings is 1. The lowest BCUT2D eigenvalue weighted by Crippen LogP contribution is -2.40. The van der Waals surface area contributed by atoms with Crippen molar-refractivity contribution in [2.75, 3.05) is 39.5 Å². The van der Waals surface area contributed by atoms with Gasteiger partial charge in [-0.2, -0.15) is 0 Å². The summed E-state index contributed by atoms with van der Waals surface area (Å²) in [4.78, 5) is 35.3. The number of aliphatic imine (C=N–C) groups is 1. The highest BCUT2D eigenvalue weighted by Gasteiger charge is 2.33. The van der Waals surface area contributed by atoms with E-state index in [1.807, 2.05) is 43.3 Å². The largest absolute Gasteiger partial charge is 0.493 e. The molecule has 202 valence electrons. The molecule has 3 aromatic rings. The van der Waals surface area contributed by atoms with E-state index in [-0.39, 0.29) is 11.8 Å². The van der Waals surface area contributed by atoms with Crippen LogP contribution in [0, 0.1) is 0 Å². The van der Waals surface area contributed by atoms with E-state index in [0.717, 1.165) is 34.9 Å². The first-order valence-corrected chi connectivity index (χ1v) is 14.3. The zero-order chi connectivity index (χ0) is 27.2. The molecular formula is C31H33N3O4S. The summed E-state index contributed by atoms with van der Waals surface area (Å²) in [6, 6.07) is 19.4. The summed E-state index contributed by atoms with van der Waals surface area (Å²) in [6.07, 6.45) is 3.94. The molecule has 5 rings (SSSR count). The van der Waals surface area contributed by atoms with E-state index in [9.17, 15) is 9.59 Å². The number of hydrogen-bond donors (Lipinski definition) is 0. The molecule has 0 unspecified atom stereocenters. The summed E-state index contributed by atoms with van der Waals surface area (Å²) >= 11 is 1.35. The molecule has 0 saturated carbocycles. The summed E-state index contributed by atoms with van der Waals surface area (Å²) in [6.45, 7) is 7.45. The number of ether oxygens (including phenoxy) is 2. The van der Waals surface area contributed by atoms with Gasteiger partial charge in [-0.25, -0.2) is 4.99 Å². The molecule has 3 aromatic carbocycles. The van der Waals surface area contributed by atoms with Crippen molar-refractivity contribution in [2.24, 2.45) is 4.99 Å². The smallest absolute Gasteiger partial charge is 0.266 e. The predicted molar refractivity (Wildman–Crippen MR) is 158 cm³/mol. The minimum atomic E-state index is -0.0887. The Labute approximate surface area is 233 Å². The second-order valence-corrected chi connectivity index (χ2v) is 10.4. The van der Waals surface area contributed by atoms with Gasteiger partial charge in [-0.15, -0.1) is 0 Å². The summed E-state index contributed by atoms with van der Waals surface area (Å²) in [5.41, 5.74) is 2.12. The van der Waals surface area contributed by atoms with Crippen molar-refractivity contribution in [1.82, 2.24) is 9.80 Å². The van der Waals surface area contributed by atoms with E-state index in [1.54, 1.807) is 21.9 Å². The Kier molecular flexibility index (Phi) is 8.64. The van der Waals surface area contributed by atoms with Crippen LogP contribution >= 0.6 is 11.8 Å². The fourth-order valence-electron chi connectivity index (χ4n) is 4.65. The van der Waals surface area contributed by atoms with Gasteiger partial charge in [0.1, 0.15) is 5.75 Å². The second-order valence-electron chi connectivity index (χ2n) is 9.41. The third-order valence-corrected chi connectivity index (χ3v) is 7.79. The number of nitrogens with zero attached hydrogens (tertiary/aromatic N) is 3. The minimum absolute atomic E-state index is 0.0324. The molecule has 8 heteroatoms. The lowest BCUT2D eigenvalue weighted by atomic mass is 10.0. The predicted octanol–water partition coefficient (Wildman–Crippen LogP) is 6.12. The van der Waals surface area contributed by atoms with E-state index in [1.165, 1.54) is 11.8 Å². The van der Waals surface area contributed by atoms with E-state index in [0.29, 0.717) is 60.8 Å². The van der Waals surface area contributed by atoms with E-state index in [2.05, 4.69) is 25.1 Å². The minimum Gasteiger partial charge on any atom is -0.493 e. The first kappa shape index (κ1) is 27.0. The third-order valence-electron chi connectivity index (χ3n) is 6.78. The normalized spacial score (nSPS) is 17.9. The highest BCUT2D eigenvalue weighted by Crippen LogP contribution is 2.38. The monoisotopic (exact) mass is 543 g/mol. The molecule has 0 N–H and O–H groups in total. The molecule has 2 fully saturated rings. The molecule has 39 heavy (non-hydrogen) atoms. The number of hydrogen-bond acceptors (Lipinski definition) is 6. The number of carbonyl (C=O) groups excluding carboxylic acids is 2. The van der Waals surface area contributed by atoms with Crippen molar-refractivity contribution in [3.8, 4) is 5.75 Å². The third kappa shape index (κ3) is 6.02. The Bertz CT molecular complexity index is 1430. The molecule has 2 aliphatic rings. The van der Waals surface area contributed by atoms with Crippen LogP contribution in [0.3, 0.4) is 0 Å². The van der Waals surface area contributed by atoms with Gasteiger partial charge in [0.25, 0.3) is 11.8 Å². The maximum Gasteiger partial charge on any atom is 0.266 e. The fraction of sp³-hybridized carbons (Fsp3) is 0.323. The summed E-state index contributed by atoms with van der Waals surface area (Å²) in [7, 11) is 0. The molecule has 2 aliphatic heterocycles. The summed E-state index contributed by atoms with van der Waals surface area (Å²) in [5.74, 6) is 0.648. The van der Waals surface area contributed by atoms with Gasteiger partial charge in [0.05, 0.1) is 30.4 Å². The van der Waals surface area contributed by atoms with Gasteiger partial charge in [0, 0.05) is 30.8 Å². The van der Waals surface area contributed by atoms with Crippen molar-refractivity contribution >= 4 is 51.3 Å². The van der Waals surface area contributed by atoms with Crippen molar-refractivity contribution in [3.05, 3.63) is 76.7 Å². The van der Waals surface area contributed by atoms with Crippen LogP contribution in [0.5, 0.6) is 5.75 Å². The quantitative estimate of drug-likeness (QED) is 0.253. The van der Waals surface area contributed by atoms with Gasteiger partial charge in [-0.1, -0.05) is 49.7 Å². The topological polar surface area (TPSA) is 71.4 Å². The lowest BCUT2D eigenvalue weighted by Gasteiger charge is -2.26. The molecule has 2 saturated heterocycles. The van der Waals surface area contributed by atoms with Gasteiger partial charge in [0.15, 0.2) is 5.17 Å².